The number of carboxylic acids is 1. The van der Waals surface area contributed by atoms with Crippen LogP contribution in [-0.2, 0) is 0 Å². The van der Waals surface area contributed by atoms with Crippen LogP contribution in [0.1, 0.15) is 17.3 Å². The summed E-state index contributed by atoms with van der Waals surface area (Å²) in [6.45, 7) is 1.92. The monoisotopic (exact) mass is 346 g/mol. The Labute approximate surface area is 124 Å². The Hall–Kier alpha value is -1.21. The lowest BCUT2D eigenvalue weighted by atomic mass is 10.2. The zero-order chi connectivity index (χ0) is 14.4. The molecular weight excluding hydrogens is 332 g/mol. The number of anilines is 1. The number of nitrogens with one attached hydrogen (secondary N) is 2. The van der Waals surface area contributed by atoms with Gasteiger partial charge in [0.2, 0.25) is 0 Å². The van der Waals surface area contributed by atoms with E-state index in [9.17, 15) is 9.59 Å². The number of rotatable bonds is 5. The van der Waals surface area contributed by atoms with Crippen molar-refractivity contribution in [2.24, 2.45) is 0 Å². The van der Waals surface area contributed by atoms with Crippen molar-refractivity contribution in [3.8, 4) is 0 Å². The van der Waals surface area contributed by atoms with Crippen LogP contribution < -0.4 is 10.6 Å². The molecule has 0 aromatic heterocycles. The number of hydrogen-bond donors (Lipinski definition) is 3. The van der Waals surface area contributed by atoms with E-state index >= 15 is 0 Å². The number of benzene rings is 1. The zero-order valence-corrected chi connectivity index (χ0v) is 13.0. The molecule has 0 aliphatic rings. The molecule has 0 fully saturated rings. The van der Waals surface area contributed by atoms with Crippen LogP contribution in [0.5, 0.6) is 0 Å². The lowest BCUT2D eigenvalue weighted by Crippen LogP contribution is -2.37. The molecule has 1 rings (SSSR count). The highest BCUT2D eigenvalue weighted by molar-refractivity contribution is 9.10. The number of carbonyl (C=O) groups is 2. The van der Waals surface area contributed by atoms with Crippen LogP contribution in [0.3, 0.4) is 0 Å². The third kappa shape index (κ3) is 5.12. The number of amides is 2. The summed E-state index contributed by atoms with van der Waals surface area (Å²) >= 11 is 4.88. The number of carboxylic acid groups (broad SMARTS) is 1. The van der Waals surface area contributed by atoms with Crippen molar-refractivity contribution in [1.82, 2.24) is 5.32 Å². The molecule has 1 atom stereocenters. The average molecular weight is 347 g/mol. The summed E-state index contributed by atoms with van der Waals surface area (Å²) < 4.78 is 0.528. The highest BCUT2D eigenvalue weighted by Crippen LogP contribution is 2.23. The van der Waals surface area contributed by atoms with Crippen LogP contribution >= 0.6 is 27.7 Å². The van der Waals surface area contributed by atoms with Crippen LogP contribution in [0.25, 0.3) is 0 Å². The summed E-state index contributed by atoms with van der Waals surface area (Å²) in [5, 5.41) is 14.3. The van der Waals surface area contributed by atoms with E-state index in [1.807, 2.05) is 13.2 Å². The first-order chi connectivity index (χ1) is 8.93. The van der Waals surface area contributed by atoms with Gasteiger partial charge in [-0.2, -0.15) is 11.8 Å². The van der Waals surface area contributed by atoms with Crippen LogP contribution in [0.15, 0.2) is 22.7 Å². The summed E-state index contributed by atoms with van der Waals surface area (Å²) in [6.07, 6.45) is 1.97. The number of halogens is 1. The fourth-order valence-electron chi connectivity index (χ4n) is 1.42. The van der Waals surface area contributed by atoms with E-state index in [0.29, 0.717) is 10.2 Å². The van der Waals surface area contributed by atoms with Gasteiger partial charge in [-0.05, 0) is 47.3 Å². The maximum atomic E-state index is 11.7. The van der Waals surface area contributed by atoms with Gasteiger partial charge < -0.3 is 15.7 Å². The van der Waals surface area contributed by atoms with Crippen molar-refractivity contribution in [2.45, 2.75) is 13.0 Å². The molecule has 7 heteroatoms. The smallest absolute Gasteiger partial charge is 0.335 e. The van der Waals surface area contributed by atoms with Gasteiger partial charge in [0, 0.05) is 16.3 Å². The van der Waals surface area contributed by atoms with Gasteiger partial charge in [-0.1, -0.05) is 0 Å². The normalized spacial score (nSPS) is 11.7. The molecule has 19 heavy (non-hydrogen) atoms. The van der Waals surface area contributed by atoms with E-state index in [2.05, 4.69) is 26.6 Å². The highest BCUT2D eigenvalue weighted by atomic mass is 79.9. The second-order valence-corrected chi connectivity index (χ2v) is 5.72. The second kappa shape index (κ2) is 7.40. The molecular formula is C12H15BrN2O3S. The average Bonchev–Trinajstić information content (AvgIpc) is 2.31. The molecule has 0 bridgehead atoms. The summed E-state index contributed by atoms with van der Waals surface area (Å²) in [5.74, 6) is -0.183. The Kier molecular flexibility index (Phi) is 6.17. The first kappa shape index (κ1) is 15.8. The van der Waals surface area contributed by atoms with E-state index in [1.165, 1.54) is 12.1 Å². The fraction of sp³-hybridized carbons (Fsp3) is 0.333. The van der Waals surface area contributed by atoms with Crippen molar-refractivity contribution in [2.75, 3.05) is 17.3 Å². The SMILES string of the molecule is CSCC(C)NC(=O)Nc1ccc(C(=O)O)cc1Br. The number of hydrogen-bond acceptors (Lipinski definition) is 3. The standard InChI is InChI=1S/C12H15BrN2O3S/c1-7(6-19-2)14-12(18)15-10-4-3-8(11(16)17)5-9(10)13/h3-5,7H,6H2,1-2H3,(H,16,17)(H2,14,15,18). The van der Waals surface area contributed by atoms with Gasteiger partial charge in [0.1, 0.15) is 0 Å². The van der Waals surface area contributed by atoms with Crippen molar-refractivity contribution in [3.05, 3.63) is 28.2 Å². The second-order valence-electron chi connectivity index (χ2n) is 3.95. The largest absolute Gasteiger partial charge is 0.478 e. The van der Waals surface area contributed by atoms with Gasteiger partial charge in [0.05, 0.1) is 11.3 Å². The Morgan fingerprint density at radius 2 is 2.16 bits per heavy atom. The Balaban J connectivity index is 2.67. The molecule has 0 aliphatic carbocycles. The molecule has 0 aliphatic heterocycles. The van der Waals surface area contributed by atoms with Gasteiger partial charge in [-0.15, -0.1) is 0 Å². The molecule has 2 amide bonds. The molecule has 0 saturated heterocycles. The van der Waals surface area contributed by atoms with E-state index in [4.69, 9.17) is 5.11 Å². The van der Waals surface area contributed by atoms with Crippen molar-refractivity contribution >= 4 is 45.4 Å². The number of carbonyl (C=O) groups excluding carboxylic acids is 1. The molecule has 1 aromatic rings. The Bertz CT molecular complexity index is 482. The van der Waals surface area contributed by atoms with Gasteiger partial charge in [0.25, 0.3) is 0 Å². The molecule has 3 N–H and O–H groups in total. The van der Waals surface area contributed by atoms with E-state index < -0.39 is 5.97 Å². The van der Waals surface area contributed by atoms with Gasteiger partial charge >= 0.3 is 12.0 Å². The number of urea groups is 1. The molecule has 0 saturated carbocycles. The fourth-order valence-corrected chi connectivity index (χ4v) is 2.48. The first-order valence-electron chi connectivity index (χ1n) is 5.53. The number of aromatic carboxylic acids is 1. The summed E-state index contributed by atoms with van der Waals surface area (Å²) in [6, 6.07) is 4.18. The number of thioether (sulfide) groups is 1. The van der Waals surface area contributed by atoms with Crippen molar-refractivity contribution in [1.29, 1.82) is 0 Å². The molecule has 1 unspecified atom stereocenters. The quantitative estimate of drug-likeness (QED) is 0.765. The maximum Gasteiger partial charge on any atom is 0.335 e. The van der Waals surface area contributed by atoms with Gasteiger partial charge in [-0.25, -0.2) is 9.59 Å². The molecule has 0 radical (unpaired) electrons. The Morgan fingerprint density at radius 3 is 2.68 bits per heavy atom. The minimum atomic E-state index is -1.01. The van der Waals surface area contributed by atoms with Crippen molar-refractivity contribution in [3.63, 3.8) is 0 Å². The summed E-state index contributed by atoms with van der Waals surface area (Å²) in [7, 11) is 0. The van der Waals surface area contributed by atoms with Crippen LogP contribution in [0.4, 0.5) is 10.5 Å². The minimum absolute atomic E-state index is 0.0621. The first-order valence-corrected chi connectivity index (χ1v) is 7.72. The lowest BCUT2D eigenvalue weighted by Gasteiger charge is -2.14. The predicted octanol–water partition coefficient (Wildman–Crippen LogP) is 3.02. The van der Waals surface area contributed by atoms with E-state index in [-0.39, 0.29) is 17.6 Å². The Morgan fingerprint density at radius 1 is 1.47 bits per heavy atom. The summed E-state index contributed by atoms with van der Waals surface area (Å²) in [5.41, 5.74) is 0.687. The van der Waals surface area contributed by atoms with E-state index in [0.717, 1.165) is 5.75 Å². The van der Waals surface area contributed by atoms with Gasteiger partial charge in [-0.3, -0.25) is 0 Å². The van der Waals surface area contributed by atoms with Crippen molar-refractivity contribution < 1.29 is 14.7 Å². The van der Waals surface area contributed by atoms with E-state index in [1.54, 1.807) is 17.8 Å². The van der Waals surface area contributed by atoms with Crippen LogP contribution in [0.2, 0.25) is 0 Å². The molecule has 0 heterocycles. The third-order valence-corrected chi connectivity index (χ3v) is 3.75. The van der Waals surface area contributed by atoms with Crippen LogP contribution in [0, 0.1) is 0 Å². The topological polar surface area (TPSA) is 78.4 Å². The summed E-state index contributed by atoms with van der Waals surface area (Å²) in [4.78, 5) is 22.5. The zero-order valence-electron chi connectivity index (χ0n) is 10.6. The predicted molar refractivity (Wildman–Crippen MR) is 81.1 cm³/mol. The highest BCUT2D eigenvalue weighted by Gasteiger charge is 2.10. The third-order valence-electron chi connectivity index (χ3n) is 2.26. The molecule has 104 valence electrons. The van der Waals surface area contributed by atoms with Gasteiger partial charge in [0.15, 0.2) is 0 Å². The maximum absolute atomic E-state index is 11.7. The molecule has 1 aromatic carbocycles. The van der Waals surface area contributed by atoms with Crippen LogP contribution in [-0.4, -0.2) is 35.2 Å². The lowest BCUT2D eigenvalue weighted by molar-refractivity contribution is 0.0697. The molecule has 5 nitrogen and oxygen atoms in total. The molecule has 0 spiro atoms. The minimum Gasteiger partial charge on any atom is -0.478 e.